The van der Waals surface area contributed by atoms with Gasteiger partial charge in [0.2, 0.25) is 10.7 Å². The predicted octanol–water partition coefficient (Wildman–Crippen LogP) is -0.255. The fourth-order valence-electron chi connectivity index (χ4n) is 1.21. The summed E-state index contributed by atoms with van der Waals surface area (Å²) >= 11 is 9.56. The molecule has 0 spiro atoms. The van der Waals surface area contributed by atoms with Crippen molar-refractivity contribution in [1.29, 1.82) is 0 Å². The third-order valence-corrected chi connectivity index (χ3v) is 2.53. The Hall–Kier alpha value is -1.84. The maximum Gasteiger partial charge on any atom is 0.337 e. The molecule has 0 saturated carbocycles. The van der Waals surface area contributed by atoms with E-state index < -0.39 is 22.8 Å². The molecule has 0 aliphatic rings. The molecule has 1 atom stereocenters. The number of halogens is 2. The number of aliphatic carboxylic acids is 2. The van der Waals surface area contributed by atoms with Gasteiger partial charge in [-0.3, -0.25) is 4.79 Å². The molecule has 0 aromatic carbocycles. The molecule has 0 aliphatic carbocycles. The summed E-state index contributed by atoms with van der Waals surface area (Å²) < 4.78 is 0. The number of imidazole rings is 1. The van der Waals surface area contributed by atoms with E-state index in [4.69, 9.17) is 39.1 Å². The number of amides is 1. The fraction of sp³-hybridized carbons (Fsp3) is 0.455. The van der Waals surface area contributed by atoms with Crippen LogP contribution in [0.4, 0.5) is 0 Å². The molecule has 1 rings (SSSR count). The molecular weight excluding hydrogens is 339 g/mol. The topological polar surface area (TPSA) is 158 Å². The number of aromatic amines is 1. The summed E-state index contributed by atoms with van der Waals surface area (Å²) in [6, 6.07) is -0.970. The molecule has 1 aromatic rings. The Balaban J connectivity index is 0.000000626. The number of nitrogens with zero attached hydrogens (tertiary/aromatic N) is 1. The Labute approximate surface area is 135 Å². The second kappa shape index (κ2) is 10.8. The van der Waals surface area contributed by atoms with Gasteiger partial charge in [0.25, 0.3) is 0 Å². The lowest BCUT2D eigenvalue weighted by Crippen LogP contribution is -2.42. The zero-order valence-electron chi connectivity index (χ0n) is 11.3. The zero-order chi connectivity index (χ0) is 17.1. The Bertz CT molecular complexity index is 481. The number of carboxylic acid groups (broad SMARTS) is 2. The third kappa shape index (κ3) is 9.16. The lowest BCUT2D eigenvalue weighted by atomic mass is 10.1. The van der Waals surface area contributed by atoms with Gasteiger partial charge < -0.3 is 26.2 Å². The van der Waals surface area contributed by atoms with Crippen LogP contribution in [0.15, 0.2) is 12.5 Å². The van der Waals surface area contributed by atoms with Crippen molar-refractivity contribution in [3.8, 4) is 0 Å². The molecular formula is C11H16Cl2N4O5. The third-order valence-electron chi connectivity index (χ3n) is 2.16. The van der Waals surface area contributed by atoms with Gasteiger partial charge in [0, 0.05) is 25.6 Å². The molecule has 11 heteroatoms. The molecule has 0 saturated heterocycles. The van der Waals surface area contributed by atoms with Gasteiger partial charge in [0.1, 0.15) is 6.04 Å². The molecule has 124 valence electrons. The Kier molecular flexibility index (Phi) is 9.92. The average molecular weight is 355 g/mol. The number of hydrogen-bond donors (Lipinski definition) is 5. The number of H-pyrrole nitrogens is 1. The quantitative estimate of drug-likeness (QED) is 0.422. The number of nitrogens with two attached hydrogens (primary N) is 1. The minimum Gasteiger partial charge on any atom is -0.480 e. The van der Waals surface area contributed by atoms with E-state index in [0.29, 0.717) is 5.69 Å². The molecule has 0 fully saturated rings. The van der Waals surface area contributed by atoms with Crippen LogP contribution in [0.2, 0.25) is 0 Å². The lowest BCUT2D eigenvalue weighted by molar-refractivity contribution is -0.141. The largest absolute Gasteiger partial charge is 0.480 e. The molecule has 6 N–H and O–H groups in total. The van der Waals surface area contributed by atoms with Crippen molar-refractivity contribution >= 4 is 41.0 Å². The summed E-state index contributed by atoms with van der Waals surface area (Å²) in [6.07, 6.45) is 3.31. The molecule has 9 nitrogen and oxygen atoms in total. The number of carbonyl (C=O) groups excluding carboxylic acids is 1. The first-order valence-electron chi connectivity index (χ1n) is 5.98. The van der Waals surface area contributed by atoms with Crippen LogP contribution in [0.3, 0.4) is 0 Å². The predicted molar refractivity (Wildman–Crippen MR) is 78.7 cm³/mol. The van der Waals surface area contributed by atoms with E-state index >= 15 is 0 Å². The summed E-state index contributed by atoms with van der Waals surface area (Å²) in [7, 11) is 0. The van der Waals surface area contributed by atoms with E-state index in [2.05, 4.69) is 15.3 Å². The van der Waals surface area contributed by atoms with Gasteiger partial charge in [-0.2, -0.15) is 0 Å². The number of rotatable bonds is 7. The van der Waals surface area contributed by atoms with Gasteiger partial charge >= 0.3 is 11.9 Å². The molecule has 0 aliphatic heterocycles. The number of hydrogen-bond acceptors (Lipinski definition) is 5. The van der Waals surface area contributed by atoms with E-state index in [9.17, 15) is 14.4 Å². The van der Waals surface area contributed by atoms with E-state index in [1.165, 1.54) is 6.33 Å². The highest BCUT2D eigenvalue weighted by molar-refractivity contribution is 6.52. The van der Waals surface area contributed by atoms with Gasteiger partial charge in [-0.25, -0.2) is 14.6 Å². The van der Waals surface area contributed by atoms with Crippen LogP contribution in [0.25, 0.3) is 0 Å². The minimum absolute atomic E-state index is 0.115. The number of carbonyl (C=O) groups is 3. The van der Waals surface area contributed by atoms with Crippen molar-refractivity contribution in [2.75, 3.05) is 6.54 Å². The first-order valence-corrected chi connectivity index (χ1v) is 6.86. The maximum absolute atomic E-state index is 11.2. The van der Waals surface area contributed by atoms with Crippen molar-refractivity contribution < 1.29 is 24.6 Å². The first kappa shape index (κ1) is 20.2. The minimum atomic E-state index is -1.29. The summed E-state index contributed by atoms with van der Waals surface area (Å²) in [4.78, 5) is 36.8. The smallest absolute Gasteiger partial charge is 0.337 e. The molecule has 22 heavy (non-hydrogen) atoms. The molecule has 0 bridgehead atoms. The van der Waals surface area contributed by atoms with Crippen LogP contribution in [-0.2, 0) is 20.8 Å². The van der Waals surface area contributed by atoms with Crippen molar-refractivity contribution in [2.45, 2.75) is 23.7 Å². The van der Waals surface area contributed by atoms with Crippen molar-refractivity contribution in [1.82, 2.24) is 15.3 Å². The van der Waals surface area contributed by atoms with Crippen LogP contribution >= 0.6 is 23.2 Å². The summed E-state index contributed by atoms with van der Waals surface area (Å²) in [5.74, 6) is -2.67. The SMILES string of the molecule is NCCC(=O)NC(Cc1c[nH]cn1)C(=O)O.O=C(O)C(Cl)Cl. The number of alkyl halides is 2. The molecule has 1 heterocycles. The average Bonchev–Trinajstić information content (AvgIpc) is 2.91. The second-order valence-corrected chi connectivity index (χ2v) is 5.00. The van der Waals surface area contributed by atoms with Crippen LogP contribution < -0.4 is 11.1 Å². The van der Waals surface area contributed by atoms with Crippen molar-refractivity contribution in [3.63, 3.8) is 0 Å². The van der Waals surface area contributed by atoms with Gasteiger partial charge in [0.15, 0.2) is 0 Å². The number of carboxylic acids is 2. The molecule has 0 radical (unpaired) electrons. The van der Waals surface area contributed by atoms with Gasteiger partial charge in [-0.1, -0.05) is 23.2 Å². The van der Waals surface area contributed by atoms with Gasteiger partial charge in [-0.05, 0) is 0 Å². The number of aromatic nitrogens is 2. The monoisotopic (exact) mass is 354 g/mol. The Morgan fingerprint density at radius 2 is 1.91 bits per heavy atom. The van der Waals surface area contributed by atoms with Crippen molar-refractivity contribution in [2.24, 2.45) is 5.73 Å². The fourth-order valence-corrected chi connectivity index (χ4v) is 1.21. The number of nitrogens with one attached hydrogen (secondary N) is 2. The van der Waals surface area contributed by atoms with E-state index in [-0.39, 0.29) is 25.3 Å². The lowest BCUT2D eigenvalue weighted by Gasteiger charge is -2.12. The van der Waals surface area contributed by atoms with Crippen LogP contribution in [-0.4, -0.2) is 55.4 Å². The summed E-state index contributed by atoms with van der Waals surface area (Å²) in [5, 5.41) is 19.0. The van der Waals surface area contributed by atoms with Crippen LogP contribution in [0.5, 0.6) is 0 Å². The summed E-state index contributed by atoms with van der Waals surface area (Å²) in [5.41, 5.74) is 5.78. The van der Waals surface area contributed by atoms with Crippen LogP contribution in [0.1, 0.15) is 12.1 Å². The molecule has 1 aromatic heterocycles. The molecule has 1 amide bonds. The van der Waals surface area contributed by atoms with Crippen LogP contribution in [0, 0.1) is 0 Å². The second-order valence-electron chi connectivity index (χ2n) is 3.90. The highest BCUT2D eigenvalue weighted by Gasteiger charge is 2.20. The first-order chi connectivity index (χ1) is 10.3. The molecule has 1 unspecified atom stereocenters. The van der Waals surface area contributed by atoms with Gasteiger partial charge in [-0.15, -0.1) is 0 Å². The highest BCUT2D eigenvalue weighted by Crippen LogP contribution is 1.99. The maximum atomic E-state index is 11.2. The summed E-state index contributed by atoms with van der Waals surface area (Å²) in [6.45, 7) is 0.195. The van der Waals surface area contributed by atoms with E-state index in [1.807, 2.05) is 0 Å². The zero-order valence-corrected chi connectivity index (χ0v) is 12.8. The highest BCUT2D eigenvalue weighted by atomic mass is 35.5. The standard InChI is InChI=1S/C9H14N4O3.C2H2Cl2O2/c10-2-1-8(14)13-7(9(15)16)3-6-4-11-5-12-6;3-1(4)2(5)6/h4-5,7H,1-3,10H2,(H,11,12)(H,13,14)(H,15,16);1H,(H,5,6). The van der Waals surface area contributed by atoms with E-state index in [0.717, 1.165) is 0 Å². The van der Waals surface area contributed by atoms with Gasteiger partial charge in [0.05, 0.1) is 12.0 Å². The Morgan fingerprint density at radius 1 is 1.32 bits per heavy atom. The van der Waals surface area contributed by atoms with Crippen molar-refractivity contribution in [3.05, 3.63) is 18.2 Å². The normalized spacial score (nSPS) is 11.3. The Morgan fingerprint density at radius 3 is 2.27 bits per heavy atom. The van der Waals surface area contributed by atoms with E-state index in [1.54, 1.807) is 6.20 Å².